The van der Waals surface area contributed by atoms with Crippen LogP contribution in [0.25, 0.3) is 0 Å². The monoisotopic (exact) mass is 413 g/mol. The van der Waals surface area contributed by atoms with E-state index in [-0.39, 0.29) is 12.5 Å². The molecule has 1 atom stereocenters. The van der Waals surface area contributed by atoms with Crippen molar-refractivity contribution in [3.63, 3.8) is 0 Å². The molecule has 1 heterocycles. The first-order valence-electron chi connectivity index (χ1n) is 9.92. The minimum atomic E-state index is -0.546. The van der Waals surface area contributed by atoms with Crippen LogP contribution < -0.4 is 9.47 Å². The van der Waals surface area contributed by atoms with E-state index >= 15 is 0 Å². The highest BCUT2D eigenvalue weighted by molar-refractivity contribution is 5.82. The van der Waals surface area contributed by atoms with Gasteiger partial charge in [0.05, 0.1) is 7.11 Å². The highest BCUT2D eigenvalue weighted by Crippen LogP contribution is 2.29. The number of ether oxygens (including phenoxy) is 4. The molecule has 1 saturated heterocycles. The predicted molar refractivity (Wildman–Crippen MR) is 110 cm³/mol. The number of esters is 1. The summed E-state index contributed by atoms with van der Waals surface area (Å²) >= 11 is 0. The maximum atomic E-state index is 12.3. The molecule has 30 heavy (non-hydrogen) atoms. The van der Waals surface area contributed by atoms with Gasteiger partial charge in [-0.25, -0.2) is 4.79 Å². The molecule has 3 rings (SSSR count). The van der Waals surface area contributed by atoms with Crippen molar-refractivity contribution in [3.05, 3.63) is 59.7 Å². The van der Waals surface area contributed by atoms with Crippen LogP contribution in [-0.2, 0) is 32.2 Å². The summed E-state index contributed by atoms with van der Waals surface area (Å²) < 4.78 is 21.6. The van der Waals surface area contributed by atoms with Gasteiger partial charge in [0, 0.05) is 20.2 Å². The van der Waals surface area contributed by atoms with E-state index in [9.17, 15) is 9.59 Å². The van der Waals surface area contributed by atoms with E-state index < -0.39 is 12.1 Å². The Bertz CT molecular complexity index is 848. The minimum Gasteiger partial charge on any atom is -0.493 e. The van der Waals surface area contributed by atoms with Gasteiger partial charge in [-0.15, -0.1) is 0 Å². The van der Waals surface area contributed by atoms with Crippen LogP contribution in [0.1, 0.15) is 24.0 Å². The SMILES string of the molecule is COc1cc(CN(C)C(=O)COC(=O)[C@H]2CCCO2)ccc1OCc1ccccc1. The quantitative estimate of drug-likeness (QED) is 0.589. The van der Waals surface area contributed by atoms with Crippen molar-refractivity contribution >= 4 is 11.9 Å². The first-order valence-corrected chi connectivity index (χ1v) is 9.92. The lowest BCUT2D eigenvalue weighted by molar-refractivity contribution is -0.159. The van der Waals surface area contributed by atoms with Crippen LogP contribution >= 0.6 is 0 Å². The number of rotatable bonds is 9. The molecule has 2 aromatic carbocycles. The number of likely N-dealkylation sites (N-methyl/N-ethyl adjacent to an activating group) is 1. The maximum absolute atomic E-state index is 12.3. The molecular weight excluding hydrogens is 386 g/mol. The summed E-state index contributed by atoms with van der Waals surface area (Å²) in [5.41, 5.74) is 1.94. The third-order valence-corrected chi connectivity index (χ3v) is 4.84. The molecule has 7 heteroatoms. The molecule has 160 valence electrons. The van der Waals surface area contributed by atoms with Crippen LogP contribution in [0.15, 0.2) is 48.5 Å². The Morgan fingerprint density at radius 2 is 1.90 bits per heavy atom. The Morgan fingerprint density at radius 1 is 1.10 bits per heavy atom. The van der Waals surface area contributed by atoms with E-state index in [1.165, 1.54) is 4.90 Å². The van der Waals surface area contributed by atoms with E-state index in [2.05, 4.69) is 0 Å². The molecule has 0 spiro atoms. The molecule has 1 fully saturated rings. The summed E-state index contributed by atoms with van der Waals surface area (Å²) in [7, 11) is 3.24. The maximum Gasteiger partial charge on any atom is 0.335 e. The van der Waals surface area contributed by atoms with Crippen LogP contribution in [0.2, 0.25) is 0 Å². The van der Waals surface area contributed by atoms with Gasteiger partial charge in [-0.3, -0.25) is 4.79 Å². The lowest BCUT2D eigenvalue weighted by Crippen LogP contribution is -2.33. The summed E-state index contributed by atoms with van der Waals surface area (Å²) in [6, 6.07) is 15.4. The summed E-state index contributed by atoms with van der Waals surface area (Å²) in [5.74, 6) is 0.458. The smallest absolute Gasteiger partial charge is 0.335 e. The summed E-state index contributed by atoms with van der Waals surface area (Å²) in [6.07, 6.45) is 0.929. The van der Waals surface area contributed by atoms with Crippen molar-refractivity contribution in [2.75, 3.05) is 27.4 Å². The lowest BCUT2D eigenvalue weighted by atomic mass is 10.2. The Kier molecular flexibility index (Phi) is 7.68. The molecule has 0 bridgehead atoms. The number of carbonyl (C=O) groups is 2. The molecule has 1 aliphatic rings. The summed E-state index contributed by atoms with van der Waals surface area (Å²) in [6.45, 7) is 1.04. The molecule has 0 N–H and O–H groups in total. The average Bonchev–Trinajstić information content (AvgIpc) is 3.32. The van der Waals surface area contributed by atoms with E-state index in [1.807, 2.05) is 48.5 Å². The fourth-order valence-electron chi connectivity index (χ4n) is 3.13. The zero-order chi connectivity index (χ0) is 21.3. The zero-order valence-electron chi connectivity index (χ0n) is 17.3. The van der Waals surface area contributed by atoms with Crippen molar-refractivity contribution in [1.29, 1.82) is 0 Å². The van der Waals surface area contributed by atoms with E-state index in [0.717, 1.165) is 17.5 Å². The number of nitrogens with zero attached hydrogens (tertiary/aromatic N) is 1. The topological polar surface area (TPSA) is 74.3 Å². The Balaban J connectivity index is 1.52. The number of hydrogen-bond donors (Lipinski definition) is 0. The second-order valence-electron chi connectivity index (χ2n) is 7.12. The normalized spacial score (nSPS) is 15.5. The number of benzene rings is 2. The Labute approximate surface area is 176 Å². The number of amides is 1. The summed E-state index contributed by atoms with van der Waals surface area (Å²) in [5, 5.41) is 0. The largest absolute Gasteiger partial charge is 0.493 e. The number of methoxy groups -OCH3 is 1. The van der Waals surface area contributed by atoms with E-state index in [1.54, 1.807) is 14.2 Å². The summed E-state index contributed by atoms with van der Waals surface area (Å²) in [4.78, 5) is 25.7. The number of carbonyl (C=O) groups excluding carboxylic acids is 2. The van der Waals surface area contributed by atoms with E-state index in [4.69, 9.17) is 18.9 Å². The third kappa shape index (κ3) is 5.97. The van der Waals surface area contributed by atoms with Gasteiger partial charge in [0.15, 0.2) is 24.2 Å². The predicted octanol–water partition coefficient (Wildman–Crippen LogP) is 2.95. The van der Waals surface area contributed by atoms with Crippen LogP contribution in [0.4, 0.5) is 0 Å². The highest BCUT2D eigenvalue weighted by Gasteiger charge is 2.26. The van der Waals surface area contributed by atoms with Gasteiger partial charge in [0.2, 0.25) is 0 Å². The van der Waals surface area contributed by atoms with Crippen molar-refractivity contribution in [1.82, 2.24) is 4.90 Å². The molecule has 0 aliphatic carbocycles. The highest BCUT2D eigenvalue weighted by atomic mass is 16.6. The molecule has 0 unspecified atom stereocenters. The number of hydrogen-bond acceptors (Lipinski definition) is 6. The van der Waals surface area contributed by atoms with Gasteiger partial charge in [0.25, 0.3) is 5.91 Å². The van der Waals surface area contributed by atoms with Crippen LogP contribution in [-0.4, -0.2) is 50.3 Å². The van der Waals surface area contributed by atoms with Gasteiger partial charge in [-0.1, -0.05) is 36.4 Å². The van der Waals surface area contributed by atoms with Crippen molar-refractivity contribution in [2.45, 2.75) is 32.1 Å². The molecule has 7 nitrogen and oxygen atoms in total. The minimum absolute atomic E-state index is 0.287. The van der Waals surface area contributed by atoms with Gasteiger partial charge < -0.3 is 23.8 Å². The first kappa shape index (κ1) is 21.6. The molecule has 0 radical (unpaired) electrons. The molecule has 0 saturated carbocycles. The van der Waals surface area contributed by atoms with Crippen molar-refractivity contribution < 1.29 is 28.5 Å². The van der Waals surface area contributed by atoms with Crippen LogP contribution in [0, 0.1) is 0 Å². The second-order valence-corrected chi connectivity index (χ2v) is 7.12. The molecule has 2 aromatic rings. The van der Waals surface area contributed by atoms with Gasteiger partial charge in [-0.05, 0) is 36.1 Å². The van der Waals surface area contributed by atoms with Gasteiger partial charge in [-0.2, -0.15) is 0 Å². The van der Waals surface area contributed by atoms with Gasteiger partial charge >= 0.3 is 5.97 Å². The molecule has 0 aromatic heterocycles. The Hall–Kier alpha value is -3.06. The molecule has 1 aliphatic heterocycles. The zero-order valence-corrected chi connectivity index (χ0v) is 17.3. The van der Waals surface area contributed by atoms with Crippen LogP contribution in [0.5, 0.6) is 11.5 Å². The van der Waals surface area contributed by atoms with Gasteiger partial charge in [0.1, 0.15) is 6.61 Å². The van der Waals surface area contributed by atoms with Crippen molar-refractivity contribution in [3.8, 4) is 11.5 Å². The standard InChI is InChI=1S/C23H27NO6/c1-24(22(25)16-30-23(26)20-9-6-12-28-20)14-18-10-11-19(21(13-18)27-2)29-15-17-7-4-3-5-8-17/h3-5,7-8,10-11,13,20H,6,9,12,14-16H2,1-2H3/t20-/m1/s1. The van der Waals surface area contributed by atoms with Crippen LogP contribution in [0.3, 0.4) is 0 Å². The van der Waals surface area contributed by atoms with E-state index in [0.29, 0.717) is 37.7 Å². The second kappa shape index (κ2) is 10.6. The fraction of sp³-hybridized carbons (Fsp3) is 0.391. The fourth-order valence-corrected chi connectivity index (χ4v) is 3.13. The Morgan fingerprint density at radius 3 is 2.60 bits per heavy atom. The van der Waals surface area contributed by atoms with Crippen molar-refractivity contribution in [2.24, 2.45) is 0 Å². The average molecular weight is 413 g/mol. The lowest BCUT2D eigenvalue weighted by Gasteiger charge is -2.19. The first-order chi connectivity index (χ1) is 14.6. The molecule has 1 amide bonds. The third-order valence-electron chi connectivity index (χ3n) is 4.84. The molecular formula is C23H27NO6.